The van der Waals surface area contributed by atoms with Gasteiger partial charge in [-0.25, -0.2) is 0 Å². The highest BCUT2D eigenvalue weighted by Gasteiger charge is 2.02. The molecular formula is C18H21N3OS. The number of hydrazone groups is 1. The Morgan fingerprint density at radius 2 is 1.87 bits per heavy atom. The highest BCUT2D eigenvalue weighted by atomic mass is 32.1. The second-order valence-electron chi connectivity index (χ2n) is 5.38. The zero-order chi connectivity index (χ0) is 16.8. The van der Waals surface area contributed by atoms with E-state index in [4.69, 9.17) is 17.0 Å². The monoisotopic (exact) mass is 327 g/mol. The third-order valence-corrected chi connectivity index (χ3v) is 3.58. The largest absolute Gasteiger partial charge is 0.497 e. The van der Waals surface area contributed by atoms with Gasteiger partial charge in [-0.05, 0) is 60.6 Å². The van der Waals surface area contributed by atoms with Crippen LogP contribution in [0.2, 0.25) is 0 Å². The summed E-state index contributed by atoms with van der Waals surface area (Å²) in [5, 5.41) is 10.1. The maximum Gasteiger partial charge on any atom is 0.187 e. The fourth-order valence-corrected chi connectivity index (χ4v) is 2.16. The lowest BCUT2D eigenvalue weighted by atomic mass is 10.0. The molecule has 0 heterocycles. The molecule has 2 aromatic rings. The van der Waals surface area contributed by atoms with Crippen molar-refractivity contribution in [2.24, 2.45) is 5.10 Å². The van der Waals surface area contributed by atoms with E-state index in [1.165, 1.54) is 0 Å². The molecule has 0 atom stereocenters. The third kappa shape index (κ3) is 4.79. The second-order valence-corrected chi connectivity index (χ2v) is 5.78. The maximum absolute atomic E-state index is 5.24. The summed E-state index contributed by atoms with van der Waals surface area (Å²) >= 11 is 5.16. The van der Waals surface area contributed by atoms with Crippen LogP contribution in [0, 0.1) is 0 Å². The molecular weight excluding hydrogens is 306 g/mol. The Bertz CT molecular complexity index is 768. The van der Waals surface area contributed by atoms with E-state index in [1.807, 2.05) is 38.1 Å². The summed E-state index contributed by atoms with van der Waals surface area (Å²) < 4.78 is 5.24. The normalized spacial score (nSPS) is 11.2. The number of thiocarbonyl (C=S) groups is 1. The number of fused-ring (bicyclic) bond motifs is 1. The van der Waals surface area contributed by atoms with Gasteiger partial charge in [-0.1, -0.05) is 30.4 Å². The predicted octanol–water partition coefficient (Wildman–Crippen LogP) is 3.61. The molecule has 23 heavy (non-hydrogen) atoms. The van der Waals surface area contributed by atoms with Crippen molar-refractivity contribution in [1.29, 1.82) is 0 Å². The second kappa shape index (κ2) is 7.74. The van der Waals surface area contributed by atoms with Gasteiger partial charge in [-0.2, -0.15) is 5.10 Å². The Morgan fingerprint density at radius 1 is 1.17 bits per heavy atom. The quantitative estimate of drug-likeness (QED) is 0.381. The molecule has 2 rings (SSSR count). The van der Waals surface area contributed by atoms with Gasteiger partial charge in [0.1, 0.15) is 5.75 Å². The maximum atomic E-state index is 5.24. The summed E-state index contributed by atoms with van der Waals surface area (Å²) in [4.78, 5) is 0. The van der Waals surface area contributed by atoms with Crippen molar-refractivity contribution in [3.05, 3.63) is 54.1 Å². The standard InChI is InChI=1S/C18H21N3OS/c1-12(2)11-19-18(23)21-20-13(3)14-5-6-16-10-17(22-4)8-7-15(16)9-14/h5-10H,1,11H2,2-4H3,(H2,19,21,23)/b20-13+. The highest BCUT2D eigenvalue weighted by molar-refractivity contribution is 7.80. The minimum atomic E-state index is 0.484. The zero-order valence-electron chi connectivity index (χ0n) is 13.6. The summed E-state index contributed by atoms with van der Waals surface area (Å²) in [6.07, 6.45) is 0. The predicted molar refractivity (Wildman–Crippen MR) is 101 cm³/mol. The molecule has 0 spiro atoms. The van der Waals surface area contributed by atoms with Gasteiger partial charge in [0.25, 0.3) is 0 Å². The number of rotatable bonds is 5. The molecule has 0 radical (unpaired) electrons. The first-order chi connectivity index (χ1) is 11.0. The first kappa shape index (κ1) is 17.0. The molecule has 0 bridgehead atoms. The van der Waals surface area contributed by atoms with E-state index in [0.29, 0.717) is 11.7 Å². The van der Waals surface area contributed by atoms with Gasteiger partial charge in [0.2, 0.25) is 0 Å². The van der Waals surface area contributed by atoms with Crippen LogP contribution < -0.4 is 15.5 Å². The lowest BCUT2D eigenvalue weighted by Gasteiger charge is -2.08. The summed E-state index contributed by atoms with van der Waals surface area (Å²) in [5.41, 5.74) is 5.77. The molecule has 120 valence electrons. The molecule has 0 aliphatic carbocycles. The van der Waals surface area contributed by atoms with E-state index < -0.39 is 0 Å². The van der Waals surface area contributed by atoms with Gasteiger partial charge in [-0.15, -0.1) is 0 Å². The number of methoxy groups -OCH3 is 1. The van der Waals surface area contributed by atoms with Gasteiger partial charge >= 0.3 is 0 Å². The molecule has 2 aromatic carbocycles. The molecule has 0 amide bonds. The number of ether oxygens (including phenoxy) is 1. The van der Waals surface area contributed by atoms with Crippen LogP contribution in [0.15, 0.2) is 53.7 Å². The minimum absolute atomic E-state index is 0.484. The molecule has 0 fully saturated rings. The Hall–Kier alpha value is -2.40. The Balaban J connectivity index is 2.11. The molecule has 4 nitrogen and oxygen atoms in total. The van der Waals surface area contributed by atoms with Gasteiger partial charge in [0, 0.05) is 6.54 Å². The average Bonchev–Trinajstić information content (AvgIpc) is 2.56. The van der Waals surface area contributed by atoms with Gasteiger partial charge in [0.15, 0.2) is 5.11 Å². The average molecular weight is 327 g/mol. The highest BCUT2D eigenvalue weighted by Crippen LogP contribution is 2.22. The van der Waals surface area contributed by atoms with Crippen molar-refractivity contribution in [2.75, 3.05) is 13.7 Å². The van der Waals surface area contributed by atoms with Crippen LogP contribution in [-0.4, -0.2) is 24.5 Å². The van der Waals surface area contributed by atoms with Crippen molar-refractivity contribution < 1.29 is 4.74 Å². The fourth-order valence-electron chi connectivity index (χ4n) is 2.05. The van der Waals surface area contributed by atoms with E-state index in [0.717, 1.165) is 33.4 Å². The van der Waals surface area contributed by atoms with Crippen molar-refractivity contribution >= 4 is 33.8 Å². The van der Waals surface area contributed by atoms with Gasteiger partial charge in [-0.3, -0.25) is 5.43 Å². The molecule has 0 saturated carbocycles. The molecule has 0 unspecified atom stereocenters. The Labute approximate surface area is 142 Å². The molecule has 0 aromatic heterocycles. The van der Waals surface area contributed by atoms with E-state index >= 15 is 0 Å². The Morgan fingerprint density at radius 3 is 2.57 bits per heavy atom. The number of nitrogens with zero attached hydrogens (tertiary/aromatic N) is 1. The van der Waals surface area contributed by atoms with Crippen LogP contribution in [0.5, 0.6) is 5.75 Å². The van der Waals surface area contributed by atoms with Crippen molar-refractivity contribution in [3.63, 3.8) is 0 Å². The Kier molecular flexibility index (Phi) is 5.71. The van der Waals surface area contributed by atoms with Crippen LogP contribution in [0.1, 0.15) is 19.4 Å². The first-order valence-corrected chi connectivity index (χ1v) is 7.71. The van der Waals surface area contributed by atoms with Crippen molar-refractivity contribution in [3.8, 4) is 5.75 Å². The van der Waals surface area contributed by atoms with Crippen LogP contribution in [0.4, 0.5) is 0 Å². The molecule has 0 saturated heterocycles. The molecule has 0 aliphatic heterocycles. The molecule has 2 N–H and O–H groups in total. The van der Waals surface area contributed by atoms with Gasteiger partial charge in [0.05, 0.1) is 12.8 Å². The SMILES string of the molecule is C=C(C)CNC(=S)N/N=C(\C)c1ccc2cc(OC)ccc2c1. The van der Waals surface area contributed by atoms with Gasteiger partial charge < -0.3 is 10.1 Å². The summed E-state index contributed by atoms with van der Waals surface area (Å²) in [7, 11) is 1.67. The zero-order valence-corrected chi connectivity index (χ0v) is 14.5. The van der Waals surface area contributed by atoms with Crippen molar-refractivity contribution in [1.82, 2.24) is 10.7 Å². The smallest absolute Gasteiger partial charge is 0.187 e. The number of hydrogen-bond donors (Lipinski definition) is 2. The van der Waals surface area contributed by atoms with E-state index in [1.54, 1.807) is 7.11 Å². The fraction of sp³-hybridized carbons (Fsp3) is 0.222. The number of benzene rings is 2. The topological polar surface area (TPSA) is 45.7 Å². The van der Waals surface area contributed by atoms with E-state index in [2.05, 4.69) is 34.6 Å². The number of nitrogens with one attached hydrogen (secondary N) is 2. The van der Waals surface area contributed by atoms with Crippen molar-refractivity contribution in [2.45, 2.75) is 13.8 Å². The van der Waals surface area contributed by atoms with Crippen LogP contribution in [0.3, 0.4) is 0 Å². The first-order valence-electron chi connectivity index (χ1n) is 7.30. The third-order valence-electron chi connectivity index (χ3n) is 3.34. The summed E-state index contributed by atoms with van der Waals surface area (Å²) in [5.74, 6) is 0.853. The lowest BCUT2D eigenvalue weighted by molar-refractivity contribution is 0.415. The number of hydrogen-bond acceptors (Lipinski definition) is 3. The lowest BCUT2D eigenvalue weighted by Crippen LogP contribution is -2.33. The molecule has 5 heteroatoms. The minimum Gasteiger partial charge on any atom is -0.497 e. The molecule has 0 aliphatic rings. The van der Waals surface area contributed by atoms with E-state index in [-0.39, 0.29) is 0 Å². The van der Waals surface area contributed by atoms with E-state index in [9.17, 15) is 0 Å². The van der Waals surface area contributed by atoms with Crippen LogP contribution >= 0.6 is 12.2 Å². The summed E-state index contributed by atoms with van der Waals surface area (Å²) in [6, 6.07) is 12.2. The summed E-state index contributed by atoms with van der Waals surface area (Å²) in [6.45, 7) is 8.34. The van der Waals surface area contributed by atoms with Crippen LogP contribution in [-0.2, 0) is 0 Å². The van der Waals surface area contributed by atoms with Crippen LogP contribution in [0.25, 0.3) is 10.8 Å².